The minimum absolute atomic E-state index is 0.0332. The van der Waals surface area contributed by atoms with Crippen LogP contribution in [0, 0.1) is 0 Å². The van der Waals surface area contributed by atoms with Crippen LogP contribution in [0.4, 0.5) is 0 Å². The van der Waals surface area contributed by atoms with Crippen LogP contribution in [0.2, 0.25) is 0 Å². The van der Waals surface area contributed by atoms with Gasteiger partial charge in [0.15, 0.2) is 0 Å². The fourth-order valence-electron chi connectivity index (χ4n) is 1.51. The number of imidazole rings is 1. The SMILES string of the molecule is CN(C)C(=O)CNC(=O)c1ccnc(-n2ccnc2)c1. The molecule has 0 fully saturated rings. The second-order valence-corrected chi connectivity index (χ2v) is 4.34. The van der Waals surface area contributed by atoms with E-state index >= 15 is 0 Å². The van der Waals surface area contributed by atoms with Crippen LogP contribution in [0.1, 0.15) is 10.4 Å². The Morgan fingerprint density at radius 2 is 2.15 bits per heavy atom. The maximum Gasteiger partial charge on any atom is 0.251 e. The highest BCUT2D eigenvalue weighted by Crippen LogP contribution is 2.06. The van der Waals surface area contributed by atoms with Crippen molar-refractivity contribution in [3.8, 4) is 5.82 Å². The quantitative estimate of drug-likeness (QED) is 0.856. The van der Waals surface area contributed by atoms with Crippen molar-refractivity contribution in [3.05, 3.63) is 42.6 Å². The van der Waals surface area contributed by atoms with Crippen LogP contribution in [0.25, 0.3) is 5.82 Å². The zero-order valence-electron chi connectivity index (χ0n) is 11.3. The predicted octanol–water partition coefficient (Wildman–Crippen LogP) is 0.0853. The molecule has 0 spiro atoms. The molecule has 0 aliphatic heterocycles. The van der Waals surface area contributed by atoms with E-state index in [0.29, 0.717) is 11.4 Å². The van der Waals surface area contributed by atoms with Gasteiger partial charge < -0.3 is 10.2 Å². The average Bonchev–Trinajstić information content (AvgIpc) is 2.98. The summed E-state index contributed by atoms with van der Waals surface area (Å²) in [6.07, 6.45) is 6.50. The second-order valence-electron chi connectivity index (χ2n) is 4.34. The van der Waals surface area contributed by atoms with Gasteiger partial charge in [0.1, 0.15) is 12.1 Å². The second kappa shape index (κ2) is 5.96. The normalized spacial score (nSPS) is 10.1. The molecule has 0 aromatic carbocycles. The Morgan fingerprint density at radius 3 is 2.80 bits per heavy atom. The van der Waals surface area contributed by atoms with Gasteiger partial charge in [-0.3, -0.25) is 14.2 Å². The van der Waals surface area contributed by atoms with E-state index in [2.05, 4.69) is 15.3 Å². The third-order valence-electron chi connectivity index (χ3n) is 2.68. The molecule has 0 bridgehead atoms. The molecule has 2 aromatic rings. The standard InChI is InChI=1S/C13H15N5O2/c1-17(2)12(19)8-16-13(20)10-3-4-15-11(7-10)18-6-5-14-9-18/h3-7,9H,8H2,1-2H3,(H,16,20). The fourth-order valence-corrected chi connectivity index (χ4v) is 1.51. The third-order valence-corrected chi connectivity index (χ3v) is 2.68. The molecule has 0 saturated carbocycles. The maximum absolute atomic E-state index is 12.0. The van der Waals surface area contributed by atoms with Crippen LogP contribution in [-0.4, -0.2) is 51.9 Å². The smallest absolute Gasteiger partial charge is 0.251 e. The summed E-state index contributed by atoms with van der Waals surface area (Å²) in [5.74, 6) is 0.111. The molecule has 2 amide bonds. The molecular formula is C13H15N5O2. The third kappa shape index (κ3) is 3.19. The number of amides is 2. The first-order valence-corrected chi connectivity index (χ1v) is 6.00. The Hall–Kier alpha value is -2.70. The lowest BCUT2D eigenvalue weighted by atomic mass is 10.2. The number of nitrogens with one attached hydrogen (secondary N) is 1. The molecule has 104 valence electrons. The van der Waals surface area contributed by atoms with Crippen LogP contribution in [0.3, 0.4) is 0 Å². The summed E-state index contributed by atoms with van der Waals surface area (Å²) in [5.41, 5.74) is 0.440. The number of nitrogens with zero attached hydrogens (tertiary/aromatic N) is 4. The summed E-state index contributed by atoms with van der Waals surface area (Å²) in [4.78, 5) is 32.9. The highest BCUT2D eigenvalue weighted by molar-refractivity contribution is 5.96. The minimum atomic E-state index is -0.316. The molecule has 0 aliphatic carbocycles. The Balaban J connectivity index is 2.07. The summed E-state index contributed by atoms with van der Waals surface area (Å²) in [6, 6.07) is 3.23. The Kier molecular flexibility index (Phi) is 4.09. The van der Waals surface area contributed by atoms with Gasteiger partial charge in [-0.2, -0.15) is 0 Å². The average molecular weight is 273 g/mol. The summed E-state index contributed by atoms with van der Waals surface area (Å²) in [7, 11) is 3.27. The lowest BCUT2D eigenvalue weighted by Crippen LogP contribution is -2.36. The zero-order chi connectivity index (χ0) is 14.5. The van der Waals surface area contributed by atoms with Gasteiger partial charge in [-0.05, 0) is 12.1 Å². The van der Waals surface area contributed by atoms with Gasteiger partial charge >= 0.3 is 0 Å². The molecule has 2 rings (SSSR count). The molecule has 0 unspecified atom stereocenters. The number of hydrogen-bond donors (Lipinski definition) is 1. The van der Waals surface area contributed by atoms with Gasteiger partial charge in [0.05, 0.1) is 6.54 Å². The number of pyridine rings is 1. The number of aromatic nitrogens is 3. The van der Waals surface area contributed by atoms with Crippen LogP contribution >= 0.6 is 0 Å². The number of likely N-dealkylation sites (N-methyl/N-ethyl adjacent to an activating group) is 1. The van der Waals surface area contributed by atoms with Gasteiger partial charge in [0, 0.05) is 38.2 Å². The number of hydrogen-bond acceptors (Lipinski definition) is 4. The van der Waals surface area contributed by atoms with E-state index < -0.39 is 0 Å². The first-order chi connectivity index (χ1) is 9.58. The zero-order valence-corrected chi connectivity index (χ0v) is 11.3. The monoisotopic (exact) mass is 273 g/mol. The van der Waals surface area contributed by atoms with Crippen molar-refractivity contribution >= 4 is 11.8 Å². The van der Waals surface area contributed by atoms with E-state index in [9.17, 15) is 9.59 Å². The molecule has 2 aromatic heterocycles. The first-order valence-electron chi connectivity index (χ1n) is 6.00. The van der Waals surface area contributed by atoms with Crippen LogP contribution < -0.4 is 5.32 Å². The van der Waals surface area contributed by atoms with Gasteiger partial charge in [0.25, 0.3) is 5.91 Å². The predicted molar refractivity (Wildman–Crippen MR) is 72.4 cm³/mol. The highest BCUT2D eigenvalue weighted by Gasteiger charge is 2.10. The van der Waals surface area contributed by atoms with Gasteiger partial charge in [-0.15, -0.1) is 0 Å². The Labute approximate surface area is 116 Å². The van der Waals surface area contributed by atoms with Crippen LogP contribution in [0.15, 0.2) is 37.1 Å². The summed E-state index contributed by atoms with van der Waals surface area (Å²) in [6.45, 7) is -0.0332. The summed E-state index contributed by atoms with van der Waals surface area (Å²) < 4.78 is 1.70. The summed E-state index contributed by atoms with van der Waals surface area (Å²) >= 11 is 0. The van der Waals surface area contributed by atoms with Gasteiger partial charge in [-0.1, -0.05) is 0 Å². The molecule has 7 heteroatoms. The number of carbonyl (C=O) groups excluding carboxylic acids is 2. The van der Waals surface area contributed by atoms with E-state index in [-0.39, 0.29) is 18.4 Å². The van der Waals surface area contributed by atoms with Crippen molar-refractivity contribution in [1.82, 2.24) is 24.8 Å². The largest absolute Gasteiger partial charge is 0.347 e. The molecule has 0 saturated heterocycles. The van der Waals surface area contributed by atoms with E-state index in [1.807, 2.05) is 0 Å². The van der Waals surface area contributed by atoms with E-state index in [1.165, 1.54) is 11.1 Å². The van der Waals surface area contributed by atoms with E-state index in [0.717, 1.165) is 0 Å². The van der Waals surface area contributed by atoms with Crippen molar-refractivity contribution in [2.75, 3.05) is 20.6 Å². The van der Waals surface area contributed by atoms with Crippen molar-refractivity contribution in [1.29, 1.82) is 0 Å². The van der Waals surface area contributed by atoms with Crippen molar-refractivity contribution < 1.29 is 9.59 Å². The van der Waals surface area contributed by atoms with Crippen molar-refractivity contribution in [2.45, 2.75) is 0 Å². The lowest BCUT2D eigenvalue weighted by Gasteiger charge is -2.11. The maximum atomic E-state index is 12.0. The van der Waals surface area contributed by atoms with E-state index in [4.69, 9.17) is 0 Å². The van der Waals surface area contributed by atoms with E-state index in [1.54, 1.807) is 49.5 Å². The lowest BCUT2D eigenvalue weighted by molar-refractivity contribution is -0.127. The van der Waals surface area contributed by atoms with Crippen molar-refractivity contribution in [2.24, 2.45) is 0 Å². The first kappa shape index (κ1) is 13.7. The van der Waals surface area contributed by atoms with Gasteiger partial charge in [-0.25, -0.2) is 9.97 Å². The fraction of sp³-hybridized carbons (Fsp3) is 0.231. The highest BCUT2D eigenvalue weighted by atomic mass is 16.2. The van der Waals surface area contributed by atoms with Crippen molar-refractivity contribution in [3.63, 3.8) is 0 Å². The molecule has 0 atom stereocenters. The number of carbonyl (C=O) groups is 2. The molecule has 20 heavy (non-hydrogen) atoms. The molecular weight excluding hydrogens is 258 g/mol. The van der Waals surface area contributed by atoms with Crippen LogP contribution in [-0.2, 0) is 4.79 Å². The van der Waals surface area contributed by atoms with Gasteiger partial charge in [0.2, 0.25) is 5.91 Å². The Morgan fingerprint density at radius 1 is 1.35 bits per heavy atom. The molecule has 2 heterocycles. The Bertz CT molecular complexity index is 607. The molecule has 1 N–H and O–H groups in total. The molecule has 0 radical (unpaired) electrons. The molecule has 0 aliphatic rings. The minimum Gasteiger partial charge on any atom is -0.347 e. The van der Waals surface area contributed by atoms with Crippen LogP contribution in [0.5, 0.6) is 0 Å². The summed E-state index contributed by atoms with van der Waals surface area (Å²) in [5, 5.41) is 2.57. The number of rotatable bonds is 4. The topological polar surface area (TPSA) is 80.1 Å². The molecule has 7 nitrogen and oxygen atoms in total.